The van der Waals surface area contributed by atoms with Crippen molar-refractivity contribution in [3.63, 3.8) is 0 Å². The van der Waals surface area contributed by atoms with Crippen LogP contribution in [0, 0.1) is 0 Å². The van der Waals surface area contributed by atoms with E-state index in [4.69, 9.17) is 0 Å². The summed E-state index contributed by atoms with van der Waals surface area (Å²) in [4.78, 5) is 23.4. The second kappa shape index (κ2) is 6.63. The highest BCUT2D eigenvalue weighted by Crippen LogP contribution is 2.24. The summed E-state index contributed by atoms with van der Waals surface area (Å²) in [6, 6.07) is 2.01. The summed E-state index contributed by atoms with van der Waals surface area (Å²) in [5.41, 5.74) is 2.26. The Bertz CT molecular complexity index is 789. The molecule has 2 aromatic heterocycles. The molecule has 6 nitrogen and oxygen atoms in total. The van der Waals surface area contributed by atoms with Gasteiger partial charge in [-0.2, -0.15) is 5.10 Å². The van der Waals surface area contributed by atoms with Crippen molar-refractivity contribution >= 4 is 21.9 Å². The van der Waals surface area contributed by atoms with Crippen molar-refractivity contribution in [2.24, 2.45) is 0 Å². The van der Waals surface area contributed by atoms with Crippen LogP contribution in [0.4, 0.5) is 5.95 Å². The lowest BCUT2D eigenvalue weighted by Gasteiger charge is -2.25. The van der Waals surface area contributed by atoms with Crippen molar-refractivity contribution in [1.82, 2.24) is 19.7 Å². The van der Waals surface area contributed by atoms with Gasteiger partial charge in [-0.05, 0) is 60.0 Å². The molecule has 1 saturated heterocycles. The van der Waals surface area contributed by atoms with Gasteiger partial charge in [0, 0.05) is 25.0 Å². The van der Waals surface area contributed by atoms with Crippen molar-refractivity contribution in [3.05, 3.63) is 44.5 Å². The summed E-state index contributed by atoms with van der Waals surface area (Å²) >= 11 is 3.37. The number of hydrogen-bond acceptors (Lipinski definition) is 5. The first-order valence-corrected chi connectivity index (χ1v) is 9.34. The van der Waals surface area contributed by atoms with E-state index in [2.05, 4.69) is 35.9 Å². The minimum atomic E-state index is 0.0132. The number of aryl methyl sites for hydroxylation is 2. The third kappa shape index (κ3) is 3.09. The molecule has 0 spiro atoms. The fraction of sp³-hybridized carbons (Fsp3) is 0.529. The van der Waals surface area contributed by atoms with Crippen LogP contribution in [-0.2, 0) is 19.4 Å². The number of aromatic nitrogens is 4. The molecule has 1 aliphatic heterocycles. The van der Waals surface area contributed by atoms with Gasteiger partial charge in [-0.15, -0.1) is 0 Å². The Labute approximate surface area is 149 Å². The van der Waals surface area contributed by atoms with E-state index < -0.39 is 0 Å². The molecule has 1 unspecified atom stereocenters. The predicted molar refractivity (Wildman–Crippen MR) is 95.2 cm³/mol. The van der Waals surface area contributed by atoms with Crippen LogP contribution >= 0.6 is 15.9 Å². The Hall–Kier alpha value is -1.76. The molecule has 2 aromatic rings. The van der Waals surface area contributed by atoms with Crippen LogP contribution in [0.2, 0.25) is 0 Å². The molecule has 3 heterocycles. The molecule has 1 aliphatic carbocycles. The molecule has 126 valence electrons. The number of hydrogen-bond donors (Lipinski definition) is 0. The minimum absolute atomic E-state index is 0.0132. The Kier molecular flexibility index (Phi) is 4.35. The molecule has 0 saturated carbocycles. The molecule has 24 heavy (non-hydrogen) atoms. The normalized spacial score (nSPS) is 20.2. The molecule has 0 N–H and O–H groups in total. The first kappa shape index (κ1) is 15.7. The monoisotopic (exact) mass is 389 g/mol. The molecule has 0 aromatic carbocycles. The Morgan fingerprint density at radius 1 is 1.17 bits per heavy atom. The van der Waals surface area contributed by atoms with E-state index in [1.807, 2.05) is 0 Å². The molecule has 0 amide bonds. The predicted octanol–water partition coefficient (Wildman–Crippen LogP) is 2.34. The van der Waals surface area contributed by atoms with Gasteiger partial charge in [0.25, 0.3) is 5.56 Å². The Morgan fingerprint density at radius 3 is 2.79 bits per heavy atom. The highest BCUT2D eigenvalue weighted by molar-refractivity contribution is 9.10. The number of nitrogens with zero attached hydrogens (tertiary/aromatic N) is 5. The van der Waals surface area contributed by atoms with Crippen LogP contribution in [0.5, 0.6) is 0 Å². The molecule has 2 aliphatic rings. The van der Waals surface area contributed by atoms with Crippen molar-refractivity contribution in [2.75, 3.05) is 11.4 Å². The Balaban J connectivity index is 1.58. The average molecular weight is 390 g/mol. The number of anilines is 1. The third-order valence-electron chi connectivity index (χ3n) is 4.90. The van der Waals surface area contributed by atoms with E-state index in [0.717, 1.165) is 60.3 Å². The third-order valence-corrected chi connectivity index (χ3v) is 5.31. The van der Waals surface area contributed by atoms with Gasteiger partial charge in [0.05, 0.1) is 22.8 Å². The highest BCUT2D eigenvalue weighted by Gasteiger charge is 2.28. The zero-order chi connectivity index (χ0) is 16.5. The maximum atomic E-state index is 12.4. The van der Waals surface area contributed by atoms with Gasteiger partial charge in [0.1, 0.15) is 0 Å². The number of halogens is 1. The lowest BCUT2D eigenvalue weighted by molar-refractivity contribution is 0.470. The van der Waals surface area contributed by atoms with Gasteiger partial charge in [-0.3, -0.25) is 4.79 Å². The lowest BCUT2D eigenvalue weighted by atomic mass is 9.97. The van der Waals surface area contributed by atoms with E-state index in [1.54, 1.807) is 23.1 Å². The molecular formula is C17H20BrN5O. The van der Waals surface area contributed by atoms with Crippen LogP contribution in [0.25, 0.3) is 0 Å². The second-order valence-corrected chi connectivity index (χ2v) is 7.45. The van der Waals surface area contributed by atoms with Gasteiger partial charge in [-0.1, -0.05) is 0 Å². The summed E-state index contributed by atoms with van der Waals surface area (Å²) < 4.78 is 2.51. The van der Waals surface area contributed by atoms with Crippen molar-refractivity contribution in [3.8, 4) is 0 Å². The molecule has 0 bridgehead atoms. The fourth-order valence-electron chi connectivity index (χ4n) is 3.67. The molecular weight excluding hydrogens is 370 g/mol. The maximum Gasteiger partial charge on any atom is 0.267 e. The van der Waals surface area contributed by atoms with Crippen molar-refractivity contribution < 1.29 is 0 Å². The van der Waals surface area contributed by atoms with Crippen LogP contribution in [-0.4, -0.2) is 32.3 Å². The lowest BCUT2D eigenvalue weighted by Crippen LogP contribution is -2.38. The van der Waals surface area contributed by atoms with Gasteiger partial charge < -0.3 is 4.90 Å². The van der Waals surface area contributed by atoms with Crippen molar-refractivity contribution in [2.45, 2.75) is 51.1 Å². The van der Waals surface area contributed by atoms with E-state index in [1.165, 1.54) is 6.42 Å². The largest absolute Gasteiger partial charge is 0.336 e. The van der Waals surface area contributed by atoms with Crippen LogP contribution in [0.1, 0.15) is 36.9 Å². The molecule has 4 rings (SSSR count). The fourth-order valence-corrected chi connectivity index (χ4v) is 3.88. The quantitative estimate of drug-likeness (QED) is 0.805. The van der Waals surface area contributed by atoms with Gasteiger partial charge >= 0.3 is 0 Å². The first-order valence-electron chi connectivity index (χ1n) is 8.55. The summed E-state index contributed by atoms with van der Waals surface area (Å²) in [6.07, 6.45) is 9.95. The molecule has 0 radical (unpaired) electrons. The minimum Gasteiger partial charge on any atom is -0.336 e. The number of fused-ring (bicyclic) bond motifs is 1. The molecule has 1 atom stereocenters. The first-order chi connectivity index (χ1) is 11.7. The van der Waals surface area contributed by atoms with Crippen LogP contribution in [0.15, 0.2) is 27.7 Å². The standard InChI is InChI=1S/C17H20BrN5O/c18-13-9-19-17(20-10-13)22-7-3-5-14(22)11-23-16(24)8-12-4-1-2-6-15(12)21-23/h8-10,14H,1-7,11H2. The van der Waals surface area contributed by atoms with Crippen LogP contribution in [0.3, 0.4) is 0 Å². The zero-order valence-electron chi connectivity index (χ0n) is 13.5. The molecule has 1 fully saturated rings. The number of rotatable bonds is 3. The SMILES string of the molecule is O=c1cc2c(nn1CC1CCCN1c1ncc(Br)cn1)CCCC2. The van der Waals surface area contributed by atoms with Crippen LogP contribution < -0.4 is 10.5 Å². The van der Waals surface area contributed by atoms with Gasteiger partial charge in [-0.25, -0.2) is 14.6 Å². The van der Waals surface area contributed by atoms with Crippen molar-refractivity contribution in [1.29, 1.82) is 0 Å². The average Bonchev–Trinajstić information content (AvgIpc) is 3.04. The summed E-state index contributed by atoms with van der Waals surface area (Å²) in [5.74, 6) is 0.728. The summed E-state index contributed by atoms with van der Waals surface area (Å²) in [7, 11) is 0. The second-order valence-electron chi connectivity index (χ2n) is 6.53. The van der Waals surface area contributed by atoms with E-state index in [0.29, 0.717) is 6.54 Å². The van der Waals surface area contributed by atoms with E-state index in [9.17, 15) is 4.79 Å². The highest BCUT2D eigenvalue weighted by atomic mass is 79.9. The topological polar surface area (TPSA) is 63.9 Å². The Morgan fingerprint density at radius 2 is 1.96 bits per heavy atom. The van der Waals surface area contributed by atoms with Gasteiger partial charge in [0.2, 0.25) is 5.95 Å². The van der Waals surface area contributed by atoms with E-state index in [-0.39, 0.29) is 11.6 Å². The van der Waals surface area contributed by atoms with E-state index >= 15 is 0 Å². The zero-order valence-corrected chi connectivity index (χ0v) is 15.1. The summed E-state index contributed by atoms with van der Waals surface area (Å²) in [5, 5.41) is 4.65. The smallest absolute Gasteiger partial charge is 0.267 e. The maximum absolute atomic E-state index is 12.4. The van der Waals surface area contributed by atoms with Gasteiger partial charge in [0.15, 0.2) is 0 Å². The molecule has 7 heteroatoms. The summed E-state index contributed by atoms with van der Waals surface area (Å²) in [6.45, 7) is 1.53.